The summed E-state index contributed by atoms with van der Waals surface area (Å²) >= 11 is 0. The van der Waals surface area contributed by atoms with E-state index in [4.69, 9.17) is 0 Å². The molecule has 2 aromatic rings. The first kappa shape index (κ1) is 17.4. The maximum Gasteiger partial charge on any atom is 0.0832 e. The number of piperidine rings is 1. The molecule has 142 valence electrons. The van der Waals surface area contributed by atoms with Crippen LogP contribution in [0.1, 0.15) is 54.0 Å². The van der Waals surface area contributed by atoms with Crippen LogP contribution >= 0.6 is 0 Å². The number of rotatable bonds is 4. The van der Waals surface area contributed by atoms with Crippen LogP contribution in [0, 0.1) is 6.92 Å². The highest BCUT2D eigenvalue weighted by atomic mass is 16.3. The first-order chi connectivity index (χ1) is 13.1. The third-order valence-electron chi connectivity index (χ3n) is 7.15. The molecule has 0 aromatic heterocycles. The van der Waals surface area contributed by atoms with Crippen molar-refractivity contribution in [3.05, 3.63) is 70.8 Å². The highest BCUT2D eigenvalue weighted by Gasteiger charge is 2.55. The Bertz CT molecular complexity index is 836. The third-order valence-corrected chi connectivity index (χ3v) is 7.15. The molecular formula is C24H30N2O. The molecule has 0 radical (unpaired) electrons. The van der Waals surface area contributed by atoms with E-state index in [2.05, 4.69) is 66.1 Å². The van der Waals surface area contributed by atoms with Gasteiger partial charge in [0.25, 0.3) is 0 Å². The van der Waals surface area contributed by atoms with E-state index in [1.165, 1.54) is 35.1 Å². The Hall–Kier alpha value is -1.68. The van der Waals surface area contributed by atoms with E-state index >= 15 is 0 Å². The maximum absolute atomic E-state index is 11.5. The fourth-order valence-electron chi connectivity index (χ4n) is 5.53. The van der Waals surface area contributed by atoms with Gasteiger partial charge in [-0.2, -0.15) is 0 Å². The summed E-state index contributed by atoms with van der Waals surface area (Å²) in [6.45, 7) is 4.15. The van der Waals surface area contributed by atoms with Crippen LogP contribution in [0.25, 0.3) is 0 Å². The summed E-state index contributed by atoms with van der Waals surface area (Å²) < 4.78 is 0. The van der Waals surface area contributed by atoms with Gasteiger partial charge in [0, 0.05) is 11.0 Å². The van der Waals surface area contributed by atoms with Gasteiger partial charge in [0.15, 0.2) is 0 Å². The predicted molar refractivity (Wildman–Crippen MR) is 109 cm³/mol. The minimum Gasteiger partial charge on any atom is -0.390 e. The molecule has 2 aliphatic carbocycles. The number of aliphatic hydroxyl groups is 1. The van der Waals surface area contributed by atoms with Gasteiger partial charge in [0.1, 0.15) is 0 Å². The molecule has 1 saturated heterocycles. The Morgan fingerprint density at radius 1 is 1.04 bits per heavy atom. The number of nitrogens with one attached hydrogen (secondary N) is 2. The largest absolute Gasteiger partial charge is 0.390 e. The number of hydrogen-bond acceptors (Lipinski definition) is 3. The first-order valence-electron chi connectivity index (χ1n) is 10.4. The summed E-state index contributed by atoms with van der Waals surface area (Å²) in [5, 5.41) is 18.9. The molecule has 3 aliphatic rings. The minimum atomic E-state index is -0.341. The van der Waals surface area contributed by atoms with Crippen LogP contribution in [0.15, 0.2) is 48.5 Å². The monoisotopic (exact) mass is 362 g/mol. The van der Waals surface area contributed by atoms with Crippen molar-refractivity contribution < 1.29 is 5.11 Å². The van der Waals surface area contributed by atoms with Crippen molar-refractivity contribution in [1.29, 1.82) is 0 Å². The molecule has 1 heterocycles. The fraction of sp³-hybridized carbons (Fsp3) is 0.500. The SMILES string of the molecule is Cc1cccc(CC2(N[C@@H]3c4ccccc4C4(CCNCC4)[C@H]3O)CC2)c1. The molecule has 5 rings (SSSR count). The number of benzene rings is 2. The highest BCUT2D eigenvalue weighted by Crippen LogP contribution is 2.52. The van der Waals surface area contributed by atoms with Crippen molar-refractivity contribution in [2.24, 2.45) is 0 Å². The minimum absolute atomic E-state index is 0.0478. The molecule has 0 amide bonds. The van der Waals surface area contributed by atoms with Gasteiger partial charge in [-0.1, -0.05) is 54.1 Å². The molecule has 3 heteroatoms. The van der Waals surface area contributed by atoms with Gasteiger partial charge in [0.2, 0.25) is 0 Å². The zero-order chi connectivity index (χ0) is 18.5. The lowest BCUT2D eigenvalue weighted by molar-refractivity contribution is 0.0396. The van der Waals surface area contributed by atoms with Crippen LogP contribution in [0.5, 0.6) is 0 Å². The predicted octanol–water partition coefficient (Wildman–Crippen LogP) is 3.40. The standard InChI is InChI=1S/C24H30N2O/c1-17-5-4-6-18(15-17)16-23(9-10-23)26-21-19-7-2-3-8-20(19)24(22(21)27)11-13-25-14-12-24/h2-8,15,21-22,25-27H,9-14,16H2,1H3/t21-,22+/m1/s1. The third kappa shape index (κ3) is 2.93. The van der Waals surface area contributed by atoms with Crippen molar-refractivity contribution in [2.45, 2.75) is 62.1 Å². The quantitative estimate of drug-likeness (QED) is 0.781. The topological polar surface area (TPSA) is 44.3 Å². The molecule has 3 N–H and O–H groups in total. The lowest BCUT2D eigenvalue weighted by Gasteiger charge is -2.39. The fourth-order valence-corrected chi connectivity index (χ4v) is 5.53. The van der Waals surface area contributed by atoms with Gasteiger partial charge in [-0.25, -0.2) is 0 Å². The molecule has 0 bridgehead atoms. The Morgan fingerprint density at radius 2 is 1.81 bits per heavy atom. The Balaban J connectivity index is 1.43. The van der Waals surface area contributed by atoms with Gasteiger partial charge in [-0.05, 0) is 68.8 Å². The molecule has 1 spiro atoms. The van der Waals surface area contributed by atoms with E-state index in [1.807, 2.05) is 0 Å². The van der Waals surface area contributed by atoms with Crippen molar-refractivity contribution >= 4 is 0 Å². The Morgan fingerprint density at radius 3 is 2.56 bits per heavy atom. The normalized spacial score (nSPS) is 27.5. The molecule has 2 atom stereocenters. The Kier molecular flexibility index (Phi) is 4.15. The molecule has 2 fully saturated rings. The summed E-state index contributed by atoms with van der Waals surface area (Å²) in [7, 11) is 0. The average Bonchev–Trinajstić information content (AvgIpc) is 3.41. The lowest BCUT2D eigenvalue weighted by Crippen LogP contribution is -2.49. The molecule has 0 unspecified atom stereocenters. The van der Waals surface area contributed by atoms with Crippen LogP contribution in [0.4, 0.5) is 0 Å². The second kappa shape index (κ2) is 6.44. The highest BCUT2D eigenvalue weighted by molar-refractivity contribution is 5.46. The zero-order valence-corrected chi connectivity index (χ0v) is 16.2. The van der Waals surface area contributed by atoms with Crippen LogP contribution < -0.4 is 10.6 Å². The van der Waals surface area contributed by atoms with E-state index < -0.39 is 0 Å². The maximum atomic E-state index is 11.5. The van der Waals surface area contributed by atoms with Crippen LogP contribution in [-0.4, -0.2) is 29.8 Å². The van der Waals surface area contributed by atoms with Gasteiger partial charge in [-0.3, -0.25) is 0 Å². The molecule has 3 nitrogen and oxygen atoms in total. The molecule has 1 aliphatic heterocycles. The molecular weight excluding hydrogens is 332 g/mol. The van der Waals surface area contributed by atoms with Gasteiger partial charge >= 0.3 is 0 Å². The van der Waals surface area contributed by atoms with Crippen LogP contribution in [0.2, 0.25) is 0 Å². The molecule has 27 heavy (non-hydrogen) atoms. The van der Waals surface area contributed by atoms with Gasteiger partial charge in [-0.15, -0.1) is 0 Å². The number of aryl methyl sites for hydroxylation is 1. The summed E-state index contributed by atoms with van der Waals surface area (Å²) in [5.41, 5.74) is 5.48. The lowest BCUT2D eigenvalue weighted by atomic mass is 9.72. The van der Waals surface area contributed by atoms with E-state index in [9.17, 15) is 5.11 Å². The van der Waals surface area contributed by atoms with Crippen LogP contribution in [0.3, 0.4) is 0 Å². The summed E-state index contributed by atoms with van der Waals surface area (Å²) in [6.07, 6.45) is 5.14. The number of aliphatic hydroxyl groups excluding tert-OH is 1. The van der Waals surface area contributed by atoms with E-state index in [0.29, 0.717) is 0 Å². The summed E-state index contributed by atoms with van der Waals surface area (Å²) in [6, 6.07) is 17.7. The second-order valence-electron chi connectivity index (χ2n) is 9.01. The smallest absolute Gasteiger partial charge is 0.0832 e. The van der Waals surface area contributed by atoms with E-state index in [0.717, 1.165) is 32.4 Å². The summed E-state index contributed by atoms with van der Waals surface area (Å²) in [5.74, 6) is 0. The van der Waals surface area contributed by atoms with E-state index in [1.54, 1.807) is 0 Å². The van der Waals surface area contributed by atoms with Gasteiger partial charge in [0.05, 0.1) is 12.1 Å². The van der Waals surface area contributed by atoms with Crippen molar-refractivity contribution in [3.8, 4) is 0 Å². The Labute approximate surface area is 162 Å². The van der Waals surface area contributed by atoms with Crippen molar-refractivity contribution in [2.75, 3.05) is 13.1 Å². The molecule has 1 saturated carbocycles. The van der Waals surface area contributed by atoms with E-state index in [-0.39, 0.29) is 23.1 Å². The second-order valence-corrected chi connectivity index (χ2v) is 9.01. The van der Waals surface area contributed by atoms with Gasteiger partial charge < -0.3 is 15.7 Å². The zero-order valence-electron chi connectivity index (χ0n) is 16.2. The molecule has 2 aromatic carbocycles. The van der Waals surface area contributed by atoms with Crippen molar-refractivity contribution in [3.63, 3.8) is 0 Å². The van der Waals surface area contributed by atoms with Crippen LogP contribution in [-0.2, 0) is 11.8 Å². The first-order valence-corrected chi connectivity index (χ1v) is 10.4. The summed E-state index contributed by atoms with van der Waals surface area (Å²) in [4.78, 5) is 0. The average molecular weight is 363 g/mol. The number of fused-ring (bicyclic) bond motifs is 2. The number of hydrogen-bond donors (Lipinski definition) is 3. The van der Waals surface area contributed by atoms with Crippen molar-refractivity contribution in [1.82, 2.24) is 10.6 Å².